The molecule has 0 fully saturated rings. The second kappa shape index (κ2) is 7.61. The van der Waals surface area contributed by atoms with Crippen LogP contribution in [0.4, 0.5) is 13.2 Å². The first kappa shape index (κ1) is 16.9. The molecule has 1 aromatic heterocycles. The Bertz CT molecular complexity index is 519. The van der Waals surface area contributed by atoms with Gasteiger partial charge in [0.25, 0.3) is 0 Å². The number of rotatable bonds is 7. The number of Topliss-reactive ketones (excluding diaryl/α,β-unsaturated/α-hetero) is 1. The van der Waals surface area contributed by atoms with Crippen LogP contribution in [-0.2, 0) is 11.0 Å². The van der Waals surface area contributed by atoms with Gasteiger partial charge in [-0.25, -0.2) is 4.98 Å². The Balaban J connectivity index is 2.41. The van der Waals surface area contributed by atoms with Gasteiger partial charge in [0.2, 0.25) is 5.88 Å². The highest BCUT2D eigenvalue weighted by atomic mass is 19.4. The predicted molar refractivity (Wildman–Crippen MR) is 72.9 cm³/mol. The Morgan fingerprint density at radius 1 is 1.43 bits per heavy atom. The van der Waals surface area contributed by atoms with Gasteiger partial charge >= 0.3 is 6.18 Å². The fourth-order valence-electron chi connectivity index (χ4n) is 1.40. The van der Waals surface area contributed by atoms with E-state index in [1.165, 1.54) is 0 Å². The van der Waals surface area contributed by atoms with E-state index in [9.17, 15) is 18.0 Å². The van der Waals surface area contributed by atoms with Crippen molar-refractivity contribution in [3.8, 4) is 5.88 Å². The van der Waals surface area contributed by atoms with Crippen LogP contribution in [0.1, 0.15) is 25.3 Å². The molecule has 1 rings (SSSR count). The number of hydrogen-bond acceptors (Lipinski definition) is 3. The van der Waals surface area contributed by atoms with Gasteiger partial charge in [0.05, 0.1) is 5.56 Å². The van der Waals surface area contributed by atoms with Crippen LogP contribution in [0.5, 0.6) is 5.88 Å². The summed E-state index contributed by atoms with van der Waals surface area (Å²) >= 11 is 0. The zero-order valence-corrected chi connectivity index (χ0v) is 11.6. The van der Waals surface area contributed by atoms with E-state index >= 15 is 0 Å². The summed E-state index contributed by atoms with van der Waals surface area (Å²) in [4.78, 5) is 15.0. The van der Waals surface area contributed by atoms with Crippen molar-refractivity contribution >= 4 is 5.78 Å². The Labute approximate surface area is 121 Å². The van der Waals surface area contributed by atoms with Gasteiger partial charge in [-0.15, -0.1) is 0 Å². The Morgan fingerprint density at radius 2 is 2.14 bits per heavy atom. The van der Waals surface area contributed by atoms with E-state index < -0.39 is 11.7 Å². The predicted octanol–water partition coefficient (Wildman–Crippen LogP) is 3.96. The summed E-state index contributed by atoms with van der Waals surface area (Å²) in [5.41, 5.74) is 0.124. The van der Waals surface area contributed by atoms with Gasteiger partial charge in [0.15, 0.2) is 5.78 Å². The first-order chi connectivity index (χ1) is 9.82. The zero-order valence-electron chi connectivity index (χ0n) is 11.6. The molecule has 0 N–H and O–H groups in total. The number of pyridine rings is 1. The van der Waals surface area contributed by atoms with E-state index in [1.807, 2.05) is 13.0 Å². The molecule has 0 aliphatic carbocycles. The number of nitrogens with zero attached hydrogens (tertiary/aromatic N) is 1. The number of carbonyl (C=O) groups is 1. The third-order valence-electron chi connectivity index (χ3n) is 2.66. The second-order valence-corrected chi connectivity index (χ2v) is 4.40. The number of aromatic nitrogens is 1. The molecular weight excluding hydrogens is 283 g/mol. The number of ketones is 1. The molecule has 0 aromatic carbocycles. The van der Waals surface area contributed by atoms with Crippen molar-refractivity contribution < 1.29 is 22.7 Å². The van der Waals surface area contributed by atoms with Crippen LogP contribution in [-0.4, -0.2) is 17.4 Å². The van der Waals surface area contributed by atoms with E-state index in [2.05, 4.69) is 11.6 Å². The molecule has 0 atom stereocenters. The molecule has 0 aliphatic heterocycles. The smallest absolute Gasteiger partial charge is 0.417 e. The summed E-state index contributed by atoms with van der Waals surface area (Å²) in [6.07, 6.45) is 0.674. The van der Waals surface area contributed by atoms with Crippen LogP contribution in [0.2, 0.25) is 0 Å². The van der Waals surface area contributed by atoms with Gasteiger partial charge in [0.1, 0.15) is 6.61 Å². The molecule has 114 valence electrons. The lowest BCUT2D eigenvalue weighted by Crippen LogP contribution is -2.12. The Hall–Kier alpha value is -2.11. The lowest BCUT2D eigenvalue weighted by atomic mass is 10.1. The fourth-order valence-corrected chi connectivity index (χ4v) is 1.40. The van der Waals surface area contributed by atoms with Crippen molar-refractivity contribution in [2.24, 2.45) is 0 Å². The van der Waals surface area contributed by atoms with Gasteiger partial charge in [-0.05, 0) is 19.4 Å². The summed E-state index contributed by atoms with van der Waals surface area (Å²) < 4.78 is 42.0. The maximum Gasteiger partial charge on any atom is 0.417 e. The first-order valence-corrected chi connectivity index (χ1v) is 6.30. The normalized spacial score (nSPS) is 12.1. The van der Waals surface area contributed by atoms with Crippen molar-refractivity contribution in [2.75, 3.05) is 6.61 Å². The van der Waals surface area contributed by atoms with E-state index in [-0.39, 0.29) is 18.3 Å². The highest BCUT2D eigenvalue weighted by Gasteiger charge is 2.30. The number of alkyl halides is 3. The number of ether oxygens (including phenoxy) is 1. The molecule has 1 aromatic rings. The molecule has 21 heavy (non-hydrogen) atoms. The van der Waals surface area contributed by atoms with Crippen LogP contribution in [0, 0.1) is 0 Å². The summed E-state index contributed by atoms with van der Waals surface area (Å²) in [5.74, 6) is -0.154. The molecule has 6 heteroatoms. The Morgan fingerprint density at radius 3 is 2.67 bits per heavy atom. The molecule has 0 saturated heterocycles. The quantitative estimate of drug-likeness (QED) is 0.715. The van der Waals surface area contributed by atoms with E-state index in [0.717, 1.165) is 17.7 Å². The van der Waals surface area contributed by atoms with E-state index in [1.54, 1.807) is 6.08 Å². The van der Waals surface area contributed by atoms with Crippen molar-refractivity contribution in [2.45, 2.75) is 25.9 Å². The molecule has 0 spiro atoms. The van der Waals surface area contributed by atoms with Crippen LogP contribution in [0.25, 0.3) is 0 Å². The first-order valence-electron chi connectivity index (χ1n) is 6.30. The van der Waals surface area contributed by atoms with E-state index in [0.29, 0.717) is 19.0 Å². The zero-order chi connectivity index (χ0) is 15.9. The number of allylic oxidation sites excluding steroid dienone is 3. The topological polar surface area (TPSA) is 39.2 Å². The molecule has 0 amide bonds. The number of halogens is 3. The minimum absolute atomic E-state index is 0.00540. The molecule has 3 nitrogen and oxygen atoms in total. The standard InChI is InChI=1S/C15H16F3NO2/c1-3-11(2)5-4-6-13(20)10-21-14-8-7-12(9-19-14)15(16,17)18/h3,5,7-9H,1,4,6,10H2,2H3/b11-5-. The van der Waals surface area contributed by atoms with Gasteiger partial charge in [-0.1, -0.05) is 24.3 Å². The SMILES string of the molecule is C=C/C(C)=C\CCC(=O)COc1ccc(C(F)(F)F)cn1. The van der Waals surface area contributed by atoms with Gasteiger partial charge < -0.3 is 4.74 Å². The van der Waals surface area contributed by atoms with Crippen molar-refractivity contribution in [1.29, 1.82) is 0 Å². The molecular formula is C15H16F3NO2. The number of carbonyl (C=O) groups excluding carboxylic acids is 1. The van der Waals surface area contributed by atoms with Crippen LogP contribution >= 0.6 is 0 Å². The van der Waals surface area contributed by atoms with Crippen LogP contribution in [0.15, 0.2) is 42.6 Å². The average molecular weight is 299 g/mol. The average Bonchev–Trinajstić information content (AvgIpc) is 2.44. The largest absolute Gasteiger partial charge is 0.470 e. The van der Waals surface area contributed by atoms with Gasteiger partial charge in [-0.2, -0.15) is 13.2 Å². The molecule has 0 bridgehead atoms. The second-order valence-electron chi connectivity index (χ2n) is 4.40. The minimum Gasteiger partial charge on any atom is -0.470 e. The molecule has 0 aliphatic rings. The van der Waals surface area contributed by atoms with Crippen molar-refractivity contribution in [1.82, 2.24) is 4.98 Å². The van der Waals surface area contributed by atoms with Crippen molar-refractivity contribution in [3.05, 3.63) is 48.2 Å². The van der Waals surface area contributed by atoms with Crippen LogP contribution in [0.3, 0.4) is 0 Å². The highest BCUT2D eigenvalue weighted by molar-refractivity contribution is 5.80. The van der Waals surface area contributed by atoms with Crippen LogP contribution < -0.4 is 4.74 Å². The number of hydrogen-bond donors (Lipinski definition) is 0. The Kier molecular flexibility index (Phi) is 6.14. The lowest BCUT2D eigenvalue weighted by Gasteiger charge is -2.07. The monoisotopic (exact) mass is 299 g/mol. The summed E-state index contributed by atoms with van der Waals surface area (Å²) in [7, 11) is 0. The maximum absolute atomic E-state index is 12.3. The van der Waals surface area contributed by atoms with Gasteiger partial charge in [-0.3, -0.25) is 4.79 Å². The molecule has 0 saturated carbocycles. The maximum atomic E-state index is 12.3. The molecule has 0 unspecified atom stereocenters. The molecule has 1 heterocycles. The molecule has 0 radical (unpaired) electrons. The third-order valence-corrected chi connectivity index (χ3v) is 2.66. The summed E-state index contributed by atoms with van der Waals surface area (Å²) in [6.45, 7) is 5.26. The summed E-state index contributed by atoms with van der Waals surface area (Å²) in [5, 5.41) is 0. The van der Waals surface area contributed by atoms with E-state index in [4.69, 9.17) is 4.74 Å². The highest BCUT2D eigenvalue weighted by Crippen LogP contribution is 2.29. The van der Waals surface area contributed by atoms with Crippen molar-refractivity contribution in [3.63, 3.8) is 0 Å². The fraction of sp³-hybridized carbons (Fsp3) is 0.333. The lowest BCUT2D eigenvalue weighted by molar-refractivity contribution is -0.137. The summed E-state index contributed by atoms with van der Waals surface area (Å²) in [6, 6.07) is 1.96. The van der Waals surface area contributed by atoms with Gasteiger partial charge in [0, 0.05) is 18.7 Å². The third kappa shape index (κ3) is 6.25. The minimum atomic E-state index is -4.43.